The number of carboxylic acid groups (broad SMARTS) is 1. The average molecular weight is 440 g/mol. The van der Waals surface area contributed by atoms with Gasteiger partial charge in [-0.15, -0.1) is 11.3 Å². The average Bonchev–Trinajstić information content (AvgIpc) is 3.15. The van der Waals surface area contributed by atoms with Crippen molar-refractivity contribution in [1.29, 1.82) is 0 Å². The van der Waals surface area contributed by atoms with E-state index in [4.69, 9.17) is 11.6 Å². The Hall–Kier alpha value is -2.91. The normalized spacial score (nSPS) is 11.8. The Kier molecular flexibility index (Phi) is 5.90. The molecule has 0 radical (unpaired) electrons. The highest BCUT2D eigenvalue weighted by molar-refractivity contribution is 7.14. The van der Waals surface area contributed by atoms with E-state index in [2.05, 4.69) is 10.1 Å². The molecule has 0 fully saturated rings. The van der Waals surface area contributed by atoms with Gasteiger partial charge in [-0.1, -0.05) is 35.9 Å². The quantitative estimate of drug-likeness (QED) is 0.412. The van der Waals surface area contributed by atoms with Crippen molar-refractivity contribution in [1.82, 2.24) is 4.98 Å². The fraction of sp³-hybridized carbons (Fsp3) is 0.105. The number of thiazole rings is 1. The summed E-state index contributed by atoms with van der Waals surface area (Å²) in [6, 6.07) is 9.68. The minimum absolute atomic E-state index is 0.0419. The second-order valence-corrected chi connectivity index (χ2v) is 7.11. The van der Waals surface area contributed by atoms with Crippen LogP contribution in [-0.2, 0) is 6.18 Å². The lowest BCUT2D eigenvalue weighted by Crippen LogP contribution is -2.12. The van der Waals surface area contributed by atoms with Gasteiger partial charge in [-0.05, 0) is 18.2 Å². The number of alkyl halides is 3. The highest BCUT2D eigenvalue weighted by atomic mass is 35.5. The minimum atomic E-state index is -4.63. The summed E-state index contributed by atoms with van der Waals surface area (Å²) in [7, 11) is 1.59. The van der Waals surface area contributed by atoms with Crippen LogP contribution in [0.1, 0.15) is 21.5 Å². The topological polar surface area (TPSA) is 65.8 Å². The van der Waals surface area contributed by atoms with Crippen LogP contribution in [0.15, 0.2) is 52.9 Å². The summed E-state index contributed by atoms with van der Waals surface area (Å²) >= 11 is 7.46. The molecule has 0 saturated heterocycles. The summed E-state index contributed by atoms with van der Waals surface area (Å²) in [4.78, 5) is 15.8. The zero-order valence-corrected chi connectivity index (χ0v) is 16.4. The monoisotopic (exact) mass is 439 g/mol. The fourth-order valence-corrected chi connectivity index (χ4v) is 3.41. The first-order chi connectivity index (χ1) is 13.7. The number of carboxylic acids is 1. The number of halogens is 4. The molecule has 0 aliphatic carbocycles. The first-order valence-corrected chi connectivity index (χ1v) is 9.35. The molecule has 0 bridgehead atoms. The second-order valence-electron chi connectivity index (χ2n) is 5.87. The number of nitrogens with zero attached hydrogens (tertiary/aromatic N) is 3. The summed E-state index contributed by atoms with van der Waals surface area (Å²) in [6.07, 6.45) is -3.45. The molecule has 150 valence electrons. The van der Waals surface area contributed by atoms with Crippen LogP contribution < -0.4 is 5.01 Å². The number of aromatic nitrogens is 1. The molecule has 0 aliphatic heterocycles. The van der Waals surface area contributed by atoms with Crippen molar-refractivity contribution < 1.29 is 23.1 Å². The summed E-state index contributed by atoms with van der Waals surface area (Å²) in [5, 5.41) is 17.6. The Morgan fingerprint density at radius 2 is 2.00 bits per heavy atom. The van der Waals surface area contributed by atoms with E-state index < -0.39 is 23.3 Å². The molecule has 10 heteroatoms. The summed E-state index contributed by atoms with van der Waals surface area (Å²) in [6.45, 7) is 0. The van der Waals surface area contributed by atoms with Crippen LogP contribution in [0, 0.1) is 0 Å². The van der Waals surface area contributed by atoms with E-state index in [1.807, 2.05) is 12.1 Å². The van der Waals surface area contributed by atoms with Crippen molar-refractivity contribution in [2.75, 3.05) is 12.1 Å². The molecule has 3 rings (SSSR count). The molecule has 29 heavy (non-hydrogen) atoms. The predicted octanol–water partition coefficient (Wildman–Crippen LogP) is 5.65. The molecule has 0 saturated carbocycles. The van der Waals surface area contributed by atoms with Gasteiger partial charge in [-0.25, -0.2) is 14.8 Å². The Balaban J connectivity index is 1.85. The van der Waals surface area contributed by atoms with E-state index in [0.717, 1.165) is 17.7 Å². The van der Waals surface area contributed by atoms with E-state index >= 15 is 0 Å². The van der Waals surface area contributed by atoms with Crippen molar-refractivity contribution in [2.45, 2.75) is 6.18 Å². The van der Waals surface area contributed by atoms with Crippen LogP contribution in [-0.4, -0.2) is 29.3 Å². The van der Waals surface area contributed by atoms with Gasteiger partial charge in [0.1, 0.15) is 0 Å². The van der Waals surface area contributed by atoms with Crippen molar-refractivity contribution in [3.8, 4) is 11.3 Å². The number of hydrazone groups is 1. The van der Waals surface area contributed by atoms with Crippen LogP contribution in [0.2, 0.25) is 5.02 Å². The van der Waals surface area contributed by atoms with E-state index in [1.165, 1.54) is 22.6 Å². The SMILES string of the molecule is CN(N=Cc1ccc(C(F)(F)F)cc1C(=O)O)c1nc(-c2ccccc2Cl)cs1. The van der Waals surface area contributed by atoms with Gasteiger partial charge in [0.05, 0.1) is 23.0 Å². The zero-order valence-electron chi connectivity index (χ0n) is 14.8. The van der Waals surface area contributed by atoms with Gasteiger partial charge in [0.2, 0.25) is 5.13 Å². The molecular weight excluding hydrogens is 427 g/mol. The maximum Gasteiger partial charge on any atom is 0.416 e. The predicted molar refractivity (Wildman–Crippen MR) is 107 cm³/mol. The van der Waals surface area contributed by atoms with Gasteiger partial charge < -0.3 is 5.11 Å². The van der Waals surface area contributed by atoms with Gasteiger partial charge in [-0.2, -0.15) is 18.3 Å². The molecule has 1 N–H and O–H groups in total. The van der Waals surface area contributed by atoms with E-state index in [0.29, 0.717) is 21.9 Å². The molecule has 0 aliphatic rings. The fourth-order valence-electron chi connectivity index (χ4n) is 2.43. The Morgan fingerprint density at radius 3 is 2.66 bits per heavy atom. The number of hydrogen-bond donors (Lipinski definition) is 1. The molecule has 0 amide bonds. The first kappa shape index (κ1) is 20.8. The largest absolute Gasteiger partial charge is 0.478 e. The van der Waals surface area contributed by atoms with Gasteiger partial charge in [0, 0.05) is 28.6 Å². The summed E-state index contributed by atoms with van der Waals surface area (Å²) in [5.41, 5.74) is -0.0823. The molecule has 5 nitrogen and oxygen atoms in total. The van der Waals surface area contributed by atoms with Crippen molar-refractivity contribution in [3.05, 3.63) is 69.6 Å². The lowest BCUT2D eigenvalue weighted by atomic mass is 10.0. The Bertz CT molecular complexity index is 1080. The lowest BCUT2D eigenvalue weighted by molar-refractivity contribution is -0.137. The first-order valence-electron chi connectivity index (χ1n) is 8.09. The van der Waals surface area contributed by atoms with E-state index in [1.54, 1.807) is 24.6 Å². The molecule has 1 heterocycles. The lowest BCUT2D eigenvalue weighted by Gasteiger charge is -2.11. The number of hydrogen-bond acceptors (Lipinski definition) is 5. The number of benzene rings is 2. The third kappa shape index (κ3) is 4.75. The van der Waals surface area contributed by atoms with Crippen LogP contribution in [0.4, 0.5) is 18.3 Å². The third-order valence-corrected chi connectivity index (χ3v) is 5.14. The number of carbonyl (C=O) groups is 1. The van der Waals surface area contributed by atoms with Crippen LogP contribution >= 0.6 is 22.9 Å². The zero-order chi connectivity index (χ0) is 21.2. The summed E-state index contributed by atoms with van der Waals surface area (Å²) < 4.78 is 38.5. The van der Waals surface area contributed by atoms with Crippen molar-refractivity contribution in [3.63, 3.8) is 0 Å². The molecule has 3 aromatic rings. The Morgan fingerprint density at radius 1 is 1.28 bits per heavy atom. The maximum absolute atomic E-state index is 12.8. The number of rotatable bonds is 5. The van der Waals surface area contributed by atoms with Crippen LogP contribution in [0.25, 0.3) is 11.3 Å². The van der Waals surface area contributed by atoms with E-state index in [9.17, 15) is 23.1 Å². The second kappa shape index (κ2) is 8.22. The highest BCUT2D eigenvalue weighted by Crippen LogP contribution is 2.32. The van der Waals surface area contributed by atoms with Crippen LogP contribution in [0.3, 0.4) is 0 Å². The van der Waals surface area contributed by atoms with Crippen molar-refractivity contribution >= 4 is 40.3 Å². The Labute approximate surface area is 172 Å². The standard InChI is InChI=1S/C19H13ClF3N3O2S/c1-26(18-25-16(10-29-18)13-4-2-3-5-15(13)20)24-9-11-6-7-12(19(21,22)23)8-14(11)17(27)28/h2-10H,1H3,(H,27,28). The van der Waals surface area contributed by atoms with Gasteiger partial charge in [-0.3, -0.25) is 0 Å². The number of aromatic carboxylic acids is 1. The molecule has 2 aromatic carbocycles. The highest BCUT2D eigenvalue weighted by Gasteiger charge is 2.31. The molecule has 0 unspecified atom stereocenters. The molecule has 0 spiro atoms. The maximum atomic E-state index is 12.8. The molecule has 0 atom stereocenters. The minimum Gasteiger partial charge on any atom is -0.478 e. The van der Waals surface area contributed by atoms with Crippen molar-refractivity contribution in [2.24, 2.45) is 5.10 Å². The molecule has 1 aromatic heterocycles. The summed E-state index contributed by atoms with van der Waals surface area (Å²) in [5.74, 6) is -1.48. The molecular formula is C19H13ClF3N3O2S. The van der Waals surface area contributed by atoms with Crippen LogP contribution in [0.5, 0.6) is 0 Å². The van der Waals surface area contributed by atoms with Gasteiger partial charge in [0.25, 0.3) is 0 Å². The van der Waals surface area contributed by atoms with Gasteiger partial charge in [0.15, 0.2) is 0 Å². The third-order valence-electron chi connectivity index (χ3n) is 3.90. The smallest absolute Gasteiger partial charge is 0.416 e. The number of anilines is 1. The van der Waals surface area contributed by atoms with E-state index in [-0.39, 0.29) is 5.56 Å². The van der Waals surface area contributed by atoms with Gasteiger partial charge >= 0.3 is 12.1 Å².